The van der Waals surface area contributed by atoms with Crippen LogP contribution in [-0.2, 0) is 0 Å². The van der Waals surface area contributed by atoms with Crippen LogP contribution in [0, 0.1) is 0 Å². The zero-order valence-corrected chi connectivity index (χ0v) is 12.0. The fraction of sp³-hybridized carbons (Fsp3) is 1.00. The van der Waals surface area contributed by atoms with Crippen molar-refractivity contribution in [3.05, 3.63) is 0 Å². The van der Waals surface area contributed by atoms with Crippen molar-refractivity contribution >= 4 is 0 Å². The Balaban J connectivity index is 2.44. The van der Waals surface area contributed by atoms with Gasteiger partial charge in [0.05, 0.1) is 0 Å². The SMILES string of the molecule is CCCCCC(CN)N1CCCCC1CCC. The van der Waals surface area contributed by atoms with Gasteiger partial charge in [-0.1, -0.05) is 46.0 Å². The predicted octanol–water partition coefficient (Wildman–Crippen LogP) is 3.55. The van der Waals surface area contributed by atoms with E-state index in [1.54, 1.807) is 0 Å². The Labute approximate surface area is 108 Å². The van der Waals surface area contributed by atoms with Gasteiger partial charge in [0, 0.05) is 18.6 Å². The highest BCUT2D eigenvalue weighted by Crippen LogP contribution is 2.24. The molecule has 0 bridgehead atoms. The van der Waals surface area contributed by atoms with Crippen molar-refractivity contribution in [2.75, 3.05) is 13.1 Å². The van der Waals surface area contributed by atoms with Gasteiger partial charge in [0.1, 0.15) is 0 Å². The van der Waals surface area contributed by atoms with Gasteiger partial charge in [-0.05, 0) is 32.2 Å². The first kappa shape index (κ1) is 15.0. The molecule has 0 aliphatic carbocycles. The summed E-state index contributed by atoms with van der Waals surface area (Å²) >= 11 is 0. The number of piperidine rings is 1. The van der Waals surface area contributed by atoms with Crippen molar-refractivity contribution in [2.45, 2.75) is 83.7 Å². The molecular weight excluding hydrogens is 208 g/mol. The normalized spacial score (nSPS) is 23.8. The zero-order valence-electron chi connectivity index (χ0n) is 12.0. The van der Waals surface area contributed by atoms with Crippen LogP contribution in [0.5, 0.6) is 0 Å². The predicted molar refractivity (Wildman–Crippen MR) is 76.2 cm³/mol. The molecular formula is C15H32N2. The molecule has 0 aromatic rings. The summed E-state index contributed by atoms with van der Waals surface area (Å²) in [6, 6.07) is 1.47. The Morgan fingerprint density at radius 2 is 2.00 bits per heavy atom. The molecule has 0 saturated carbocycles. The van der Waals surface area contributed by atoms with Crippen molar-refractivity contribution in [2.24, 2.45) is 5.73 Å². The number of hydrogen-bond acceptors (Lipinski definition) is 2. The molecule has 2 heteroatoms. The van der Waals surface area contributed by atoms with E-state index in [-0.39, 0.29) is 0 Å². The smallest absolute Gasteiger partial charge is 0.0221 e. The highest BCUT2D eigenvalue weighted by molar-refractivity contribution is 4.83. The maximum Gasteiger partial charge on any atom is 0.0221 e. The zero-order chi connectivity index (χ0) is 12.5. The summed E-state index contributed by atoms with van der Waals surface area (Å²) < 4.78 is 0. The molecule has 102 valence electrons. The van der Waals surface area contributed by atoms with Gasteiger partial charge in [0.15, 0.2) is 0 Å². The largest absolute Gasteiger partial charge is 0.329 e. The lowest BCUT2D eigenvalue weighted by molar-refractivity contribution is 0.0854. The summed E-state index contributed by atoms with van der Waals surface area (Å²) in [6.07, 6.45) is 12.2. The Bertz CT molecular complexity index is 180. The van der Waals surface area contributed by atoms with Crippen LogP contribution < -0.4 is 5.73 Å². The van der Waals surface area contributed by atoms with Gasteiger partial charge in [0.25, 0.3) is 0 Å². The molecule has 2 unspecified atom stereocenters. The van der Waals surface area contributed by atoms with Gasteiger partial charge in [0.2, 0.25) is 0 Å². The molecule has 2 N–H and O–H groups in total. The third-order valence-corrected chi connectivity index (χ3v) is 4.18. The van der Waals surface area contributed by atoms with Crippen LogP contribution in [0.3, 0.4) is 0 Å². The van der Waals surface area contributed by atoms with Crippen molar-refractivity contribution in [3.63, 3.8) is 0 Å². The van der Waals surface area contributed by atoms with E-state index >= 15 is 0 Å². The number of hydrogen-bond donors (Lipinski definition) is 1. The molecule has 1 fully saturated rings. The van der Waals surface area contributed by atoms with E-state index in [0.29, 0.717) is 6.04 Å². The Morgan fingerprint density at radius 3 is 2.65 bits per heavy atom. The Hall–Kier alpha value is -0.0800. The molecule has 1 heterocycles. The van der Waals surface area contributed by atoms with Crippen LogP contribution in [0.4, 0.5) is 0 Å². The third kappa shape index (κ3) is 4.97. The monoisotopic (exact) mass is 240 g/mol. The van der Waals surface area contributed by atoms with Crippen LogP contribution in [0.2, 0.25) is 0 Å². The Kier molecular flexibility index (Phi) is 7.87. The minimum Gasteiger partial charge on any atom is -0.329 e. The van der Waals surface area contributed by atoms with E-state index in [1.807, 2.05) is 0 Å². The van der Waals surface area contributed by atoms with E-state index in [1.165, 1.54) is 64.3 Å². The lowest BCUT2D eigenvalue weighted by Gasteiger charge is -2.41. The fourth-order valence-electron chi connectivity index (χ4n) is 3.20. The first-order chi connectivity index (χ1) is 8.33. The average Bonchev–Trinajstić information content (AvgIpc) is 2.36. The molecule has 0 spiro atoms. The summed E-state index contributed by atoms with van der Waals surface area (Å²) in [5, 5.41) is 0. The number of nitrogens with zero attached hydrogens (tertiary/aromatic N) is 1. The molecule has 1 saturated heterocycles. The van der Waals surface area contributed by atoms with Crippen molar-refractivity contribution in [1.29, 1.82) is 0 Å². The van der Waals surface area contributed by atoms with Gasteiger partial charge in [-0.25, -0.2) is 0 Å². The van der Waals surface area contributed by atoms with Gasteiger partial charge in [-0.3, -0.25) is 4.90 Å². The highest BCUT2D eigenvalue weighted by Gasteiger charge is 2.26. The van der Waals surface area contributed by atoms with Gasteiger partial charge in [-0.15, -0.1) is 0 Å². The molecule has 1 rings (SSSR count). The molecule has 0 aromatic carbocycles. The highest BCUT2D eigenvalue weighted by atomic mass is 15.2. The van der Waals surface area contributed by atoms with Crippen molar-refractivity contribution in [1.82, 2.24) is 4.90 Å². The summed E-state index contributed by atoms with van der Waals surface area (Å²) in [5.41, 5.74) is 6.00. The number of likely N-dealkylation sites (tertiary alicyclic amines) is 1. The average molecular weight is 240 g/mol. The summed E-state index contributed by atoms with van der Waals surface area (Å²) in [4.78, 5) is 2.74. The fourth-order valence-corrected chi connectivity index (χ4v) is 3.20. The third-order valence-electron chi connectivity index (χ3n) is 4.18. The van der Waals surface area contributed by atoms with Crippen LogP contribution in [-0.4, -0.2) is 30.1 Å². The van der Waals surface area contributed by atoms with E-state index in [0.717, 1.165) is 12.6 Å². The Morgan fingerprint density at radius 1 is 1.18 bits per heavy atom. The van der Waals surface area contributed by atoms with Gasteiger partial charge in [-0.2, -0.15) is 0 Å². The van der Waals surface area contributed by atoms with E-state index in [2.05, 4.69) is 18.7 Å². The van der Waals surface area contributed by atoms with Crippen LogP contribution in [0.15, 0.2) is 0 Å². The molecule has 0 aromatic heterocycles. The molecule has 0 radical (unpaired) electrons. The van der Waals surface area contributed by atoms with E-state index in [9.17, 15) is 0 Å². The second-order valence-electron chi connectivity index (χ2n) is 5.56. The topological polar surface area (TPSA) is 29.3 Å². The molecule has 0 amide bonds. The standard InChI is InChI=1S/C15H32N2/c1-3-5-6-11-15(13-16)17-12-8-7-10-14(17)9-4-2/h14-15H,3-13,16H2,1-2H3. The lowest BCUT2D eigenvalue weighted by atomic mass is 9.94. The molecule has 2 atom stereocenters. The summed E-state index contributed by atoms with van der Waals surface area (Å²) in [7, 11) is 0. The molecule has 2 nitrogen and oxygen atoms in total. The number of unbranched alkanes of at least 4 members (excludes halogenated alkanes) is 2. The minimum atomic E-state index is 0.651. The molecule has 1 aliphatic rings. The maximum atomic E-state index is 6.00. The first-order valence-electron chi connectivity index (χ1n) is 7.79. The lowest BCUT2D eigenvalue weighted by Crippen LogP contribution is -2.49. The summed E-state index contributed by atoms with van der Waals surface area (Å²) in [5.74, 6) is 0. The van der Waals surface area contributed by atoms with Crippen molar-refractivity contribution in [3.8, 4) is 0 Å². The maximum absolute atomic E-state index is 6.00. The van der Waals surface area contributed by atoms with E-state index < -0.39 is 0 Å². The van der Waals surface area contributed by atoms with Crippen LogP contribution >= 0.6 is 0 Å². The van der Waals surface area contributed by atoms with Crippen LogP contribution in [0.1, 0.15) is 71.6 Å². The van der Waals surface area contributed by atoms with Crippen LogP contribution in [0.25, 0.3) is 0 Å². The number of nitrogens with two attached hydrogens (primary N) is 1. The number of rotatable bonds is 8. The quantitative estimate of drug-likeness (QED) is 0.657. The first-order valence-corrected chi connectivity index (χ1v) is 7.79. The van der Waals surface area contributed by atoms with Crippen molar-refractivity contribution < 1.29 is 0 Å². The van der Waals surface area contributed by atoms with Gasteiger partial charge < -0.3 is 5.73 Å². The second kappa shape index (κ2) is 8.93. The second-order valence-corrected chi connectivity index (χ2v) is 5.56. The van der Waals surface area contributed by atoms with E-state index in [4.69, 9.17) is 5.73 Å². The molecule has 17 heavy (non-hydrogen) atoms. The summed E-state index contributed by atoms with van der Waals surface area (Å²) in [6.45, 7) is 6.72. The van der Waals surface area contributed by atoms with Gasteiger partial charge >= 0.3 is 0 Å². The minimum absolute atomic E-state index is 0.651. The molecule has 1 aliphatic heterocycles.